The van der Waals surface area contributed by atoms with Gasteiger partial charge in [-0.2, -0.15) is 0 Å². The maximum Gasteiger partial charge on any atom is 0.0422 e. The first-order chi connectivity index (χ1) is 7.75. The van der Waals surface area contributed by atoms with Crippen LogP contribution in [0.25, 0.3) is 0 Å². The molecular formula is C13H15N3. The topological polar surface area (TPSA) is 51.8 Å². The molecule has 0 amide bonds. The second-order valence-corrected chi connectivity index (χ2v) is 3.92. The molecule has 2 rings (SSSR count). The molecule has 82 valence electrons. The van der Waals surface area contributed by atoms with Crippen LogP contribution >= 0.6 is 0 Å². The third-order valence-electron chi connectivity index (χ3n) is 2.54. The van der Waals surface area contributed by atoms with Gasteiger partial charge in [-0.25, -0.2) is 0 Å². The van der Waals surface area contributed by atoms with Gasteiger partial charge < -0.3 is 5.73 Å². The van der Waals surface area contributed by atoms with E-state index in [1.807, 2.05) is 31.3 Å². The minimum atomic E-state index is -0.0155. The largest absolute Gasteiger partial charge is 0.324 e. The average molecular weight is 213 g/mol. The van der Waals surface area contributed by atoms with E-state index in [0.717, 1.165) is 17.7 Å². The second kappa shape index (κ2) is 4.86. The van der Waals surface area contributed by atoms with Gasteiger partial charge >= 0.3 is 0 Å². The van der Waals surface area contributed by atoms with Crippen molar-refractivity contribution in [3.05, 3.63) is 59.7 Å². The average Bonchev–Trinajstić information content (AvgIpc) is 2.33. The summed E-state index contributed by atoms with van der Waals surface area (Å²) in [5, 5.41) is 0. The minimum absolute atomic E-state index is 0.0155. The van der Waals surface area contributed by atoms with Crippen LogP contribution < -0.4 is 5.73 Å². The molecule has 0 saturated heterocycles. The first-order valence-corrected chi connectivity index (χ1v) is 5.33. The van der Waals surface area contributed by atoms with E-state index in [0.29, 0.717) is 0 Å². The highest BCUT2D eigenvalue weighted by atomic mass is 14.7. The number of aryl methyl sites for hydroxylation is 1. The third kappa shape index (κ3) is 2.64. The van der Waals surface area contributed by atoms with Gasteiger partial charge in [-0.15, -0.1) is 0 Å². The Morgan fingerprint density at radius 1 is 1.19 bits per heavy atom. The normalized spacial score (nSPS) is 12.4. The second-order valence-electron chi connectivity index (χ2n) is 3.92. The Kier molecular flexibility index (Phi) is 3.27. The molecule has 0 spiro atoms. The molecule has 0 radical (unpaired) electrons. The van der Waals surface area contributed by atoms with E-state index in [1.165, 1.54) is 5.56 Å². The van der Waals surface area contributed by atoms with Crippen LogP contribution in [0.15, 0.2) is 42.9 Å². The van der Waals surface area contributed by atoms with Crippen LogP contribution in [-0.2, 0) is 6.42 Å². The van der Waals surface area contributed by atoms with Gasteiger partial charge in [0.15, 0.2) is 0 Å². The molecule has 16 heavy (non-hydrogen) atoms. The number of nitrogens with zero attached hydrogens (tertiary/aromatic N) is 2. The molecule has 2 aromatic rings. The van der Waals surface area contributed by atoms with Gasteiger partial charge in [-0.1, -0.05) is 6.07 Å². The Morgan fingerprint density at radius 3 is 2.56 bits per heavy atom. The Morgan fingerprint density at radius 2 is 1.94 bits per heavy atom. The van der Waals surface area contributed by atoms with Crippen LogP contribution in [0.2, 0.25) is 0 Å². The molecule has 0 bridgehead atoms. The molecule has 0 aliphatic heterocycles. The molecule has 0 saturated carbocycles. The zero-order chi connectivity index (χ0) is 11.4. The van der Waals surface area contributed by atoms with E-state index in [2.05, 4.69) is 16.0 Å². The first kappa shape index (κ1) is 10.8. The highest BCUT2D eigenvalue weighted by molar-refractivity contribution is 5.19. The van der Waals surface area contributed by atoms with Crippen molar-refractivity contribution < 1.29 is 0 Å². The number of hydrogen-bond acceptors (Lipinski definition) is 3. The van der Waals surface area contributed by atoms with Crippen LogP contribution in [-0.4, -0.2) is 9.97 Å². The Hall–Kier alpha value is -1.74. The van der Waals surface area contributed by atoms with Gasteiger partial charge in [-0.3, -0.25) is 9.97 Å². The van der Waals surface area contributed by atoms with Crippen molar-refractivity contribution in [3.63, 3.8) is 0 Å². The first-order valence-electron chi connectivity index (χ1n) is 5.33. The lowest BCUT2D eigenvalue weighted by Gasteiger charge is -2.11. The van der Waals surface area contributed by atoms with Gasteiger partial charge in [-0.05, 0) is 36.2 Å². The summed E-state index contributed by atoms with van der Waals surface area (Å²) in [4.78, 5) is 8.32. The number of hydrogen-bond donors (Lipinski definition) is 1. The molecule has 0 aliphatic rings. The van der Waals surface area contributed by atoms with E-state index in [4.69, 9.17) is 5.73 Å². The standard InChI is InChI=1S/C13H15N3/c1-10-2-3-12(16-9-10)8-13(14)11-4-6-15-7-5-11/h2-7,9,13H,8,14H2,1H3. The van der Waals surface area contributed by atoms with Crippen molar-refractivity contribution in [2.75, 3.05) is 0 Å². The highest BCUT2D eigenvalue weighted by Gasteiger charge is 2.07. The summed E-state index contributed by atoms with van der Waals surface area (Å²) in [5.74, 6) is 0. The number of nitrogens with two attached hydrogens (primary N) is 1. The van der Waals surface area contributed by atoms with Crippen molar-refractivity contribution in [2.24, 2.45) is 5.73 Å². The molecule has 0 fully saturated rings. The molecule has 3 nitrogen and oxygen atoms in total. The quantitative estimate of drug-likeness (QED) is 0.848. The summed E-state index contributed by atoms with van der Waals surface area (Å²) < 4.78 is 0. The van der Waals surface area contributed by atoms with Crippen molar-refractivity contribution in [2.45, 2.75) is 19.4 Å². The lowest BCUT2D eigenvalue weighted by Crippen LogP contribution is -2.14. The van der Waals surface area contributed by atoms with Crippen molar-refractivity contribution in [3.8, 4) is 0 Å². The number of pyridine rings is 2. The molecule has 1 unspecified atom stereocenters. The summed E-state index contributed by atoms with van der Waals surface area (Å²) in [6.45, 7) is 2.03. The molecule has 0 aliphatic carbocycles. The Bertz CT molecular complexity index is 436. The van der Waals surface area contributed by atoms with Gasteiger partial charge in [0.05, 0.1) is 0 Å². The molecule has 2 aromatic heterocycles. The van der Waals surface area contributed by atoms with Crippen LogP contribution in [0, 0.1) is 6.92 Å². The smallest absolute Gasteiger partial charge is 0.0422 e. The van der Waals surface area contributed by atoms with Crippen LogP contribution in [0.4, 0.5) is 0 Å². The summed E-state index contributed by atoms with van der Waals surface area (Å²) >= 11 is 0. The fourth-order valence-electron chi connectivity index (χ4n) is 1.57. The van der Waals surface area contributed by atoms with Crippen molar-refractivity contribution >= 4 is 0 Å². The lowest BCUT2D eigenvalue weighted by molar-refractivity contribution is 0.705. The van der Waals surface area contributed by atoms with Gasteiger partial charge in [0.2, 0.25) is 0 Å². The fourth-order valence-corrected chi connectivity index (χ4v) is 1.57. The van der Waals surface area contributed by atoms with Gasteiger partial charge in [0.1, 0.15) is 0 Å². The van der Waals surface area contributed by atoms with Crippen LogP contribution in [0.5, 0.6) is 0 Å². The van der Waals surface area contributed by atoms with E-state index in [9.17, 15) is 0 Å². The molecule has 2 heterocycles. The van der Waals surface area contributed by atoms with Gasteiger partial charge in [0, 0.05) is 36.7 Å². The van der Waals surface area contributed by atoms with E-state index >= 15 is 0 Å². The fraction of sp³-hybridized carbons (Fsp3) is 0.231. The minimum Gasteiger partial charge on any atom is -0.324 e. The zero-order valence-electron chi connectivity index (χ0n) is 9.30. The summed E-state index contributed by atoms with van der Waals surface area (Å²) in [7, 11) is 0. The predicted molar refractivity (Wildman–Crippen MR) is 63.8 cm³/mol. The number of aromatic nitrogens is 2. The summed E-state index contributed by atoms with van der Waals surface area (Å²) in [5.41, 5.74) is 9.38. The zero-order valence-corrected chi connectivity index (χ0v) is 9.30. The van der Waals surface area contributed by atoms with E-state index in [1.54, 1.807) is 12.4 Å². The predicted octanol–water partition coefficient (Wildman–Crippen LogP) is 2.03. The molecule has 0 aromatic carbocycles. The summed E-state index contributed by atoms with van der Waals surface area (Å²) in [6, 6.07) is 7.95. The Labute approximate surface area is 95.4 Å². The molecule has 2 N–H and O–H groups in total. The summed E-state index contributed by atoms with van der Waals surface area (Å²) in [6.07, 6.45) is 6.15. The molecule has 1 atom stereocenters. The van der Waals surface area contributed by atoms with Crippen molar-refractivity contribution in [1.29, 1.82) is 0 Å². The third-order valence-corrected chi connectivity index (χ3v) is 2.54. The highest BCUT2D eigenvalue weighted by Crippen LogP contribution is 2.13. The maximum absolute atomic E-state index is 6.10. The maximum atomic E-state index is 6.10. The van der Waals surface area contributed by atoms with E-state index in [-0.39, 0.29) is 6.04 Å². The van der Waals surface area contributed by atoms with Crippen molar-refractivity contribution in [1.82, 2.24) is 9.97 Å². The van der Waals surface area contributed by atoms with E-state index < -0.39 is 0 Å². The monoisotopic (exact) mass is 213 g/mol. The molecule has 3 heteroatoms. The number of rotatable bonds is 3. The lowest BCUT2D eigenvalue weighted by atomic mass is 10.0. The van der Waals surface area contributed by atoms with Gasteiger partial charge in [0.25, 0.3) is 0 Å². The van der Waals surface area contributed by atoms with Crippen LogP contribution in [0.3, 0.4) is 0 Å². The Balaban J connectivity index is 2.08. The molecular weight excluding hydrogens is 198 g/mol. The SMILES string of the molecule is Cc1ccc(CC(N)c2ccncc2)nc1. The van der Waals surface area contributed by atoms with Crippen LogP contribution in [0.1, 0.15) is 22.9 Å².